The van der Waals surface area contributed by atoms with Crippen molar-refractivity contribution in [2.24, 2.45) is 0 Å². The highest BCUT2D eigenvalue weighted by Gasteiger charge is 2.19. The second kappa shape index (κ2) is 7.84. The number of hydrogen-bond acceptors (Lipinski definition) is 4. The highest BCUT2D eigenvalue weighted by atomic mass is 16.1. The smallest absolute Gasteiger partial charge is 0.252 e. The van der Waals surface area contributed by atoms with E-state index in [1.54, 1.807) is 35.7 Å². The molecule has 0 bridgehead atoms. The van der Waals surface area contributed by atoms with Gasteiger partial charge in [0, 0.05) is 23.6 Å². The van der Waals surface area contributed by atoms with Crippen molar-refractivity contribution in [2.75, 3.05) is 0 Å². The Bertz CT molecular complexity index is 1080. The van der Waals surface area contributed by atoms with Crippen molar-refractivity contribution >= 4 is 5.91 Å². The minimum absolute atomic E-state index is 0.153. The van der Waals surface area contributed by atoms with Crippen LogP contribution in [0.15, 0.2) is 85.7 Å². The Morgan fingerprint density at radius 3 is 2.46 bits per heavy atom. The maximum absolute atomic E-state index is 13.1. The summed E-state index contributed by atoms with van der Waals surface area (Å²) in [6.07, 6.45) is 6.67. The number of carbonyl (C=O) groups excluding carboxylic acids is 1. The quantitative estimate of drug-likeness (QED) is 0.584. The molecule has 2 heterocycles. The molecule has 6 heteroatoms. The zero-order valence-electron chi connectivity index (χ0n) is 15.4. The number of benzene rings is 2. The summed E-state index contributed by atoms with van der Waals surface area (Å²) in [5.41, 5.74) is 4.54. The van der Waals surface area contributed by atoms with E-state index in [-0.39, 0.29) is 11.9 Å². The van der Waals surface area contributed by atoms with Crippen LogP contribution >= 0.6 is 0 Å². The second-order valence-corrected chi connectivity index (χ2v) is 6.46. The molecule has 0 aliphatic carbocycles. The van der Waals surface area contributed by atoms with Crippen LogP contribution in [-0.2, 0) is 0 Å². The molecule has 4 aromatic rings. The molecule has 138 valence electrons. The van der Waals surface area contributed by atoms with Gasteiger partial charge < -0.3 is 5.32 Å². The van der Waals surface area contributed by atoms with Gasteiger partial charge in [0.25, 0.3) is 5.91 Å². The molecule has 0 aliphatic heterocycles. The molecule has 6 nitrogen and oxygen atoms in total. The summed E-state index contributed by atoms with van der Waals surface area (Å²) in [5, 5.41) is 10.8. The third-order valence-electron chi connectivity index (χ3n) is 4.64. The Morgan fingerprint density at radius 2 is 1.71 bits per heavy atom. The SMILES string of the molecule is Cc1ccccc1C(NC(=O)c1cccc(-n2cnnc2)c1)c1ccncc1. The zero-order valence-corrected chi connectivity index (χ0v) is 15.4. The van der Waals surface area contributed by atoms with E-state index in [1.165, 1.54) is 0 Å². The predicted molar refractivity (Wildman–Crippen MR) is 106 cm³/mol. The lowest BCUT2D eigenvalue weighted by Crippen LogP contribution is -2.30. The molecule has 1 unspecified atom stereocenters. The van der Waals surface area contributed by atoms with Crippen LogP contribution in [0.1, 0.15) is 33.1 Å². The molecule has 1 amide bonds. The van der Waals surface area contributed by atoms with Crippen molar-refractivity contribution in [3.8, 4) is 5.69 Å². The van der Waals surface area contributed by atoms with E-state index in [9.17, 15) is 4.79 Å². The molecule has 0 fully saturated rings. The average molecular weight is 369 g/mol. The van der Waals surface area contributed by atoms with Crippen LogP contribution in [0.5, 0.6) is 0 Å². The van der Waals surface area contributed by atoms with E-state index in [1.807, 2.05) is 61.5 Å². The molecule has 28 heavy (non-hydrogen) atoms. The number of carbonyl (C=O) groups is 1. The highest BCUT2D eigenvalue weighted by Crippen LogP contribution is 2.25. The summed E-state index contributed by atoms with van der Waals surface area (Å²) in [4.78, 5) is 17.2. The van der Waals surface area contributed by atoms with E-state index in [0.717, 1.165) is 22.4 Å². The van der Waals surface area contributed by atoms with E-state index >= 15 is 0 Å². The van der Waals surface area contributed by atoms with Crippen LogP contribution in [0.2, 0.25) is 0 Å². The first kappa shape index (κ1) is 17.6. The Morgan fingerprint density at radius 1 is 0.964 bits per heavy atom. The Hall–Kier alpha value is -3.80. The van der Waals surface area contributed by atoms with Gasteiger partial charge in [0.15, 0.2) is 0 Å². The van der Waals surface area contributed by atoms with Crippen LogP contribution in [-0.4, -0.2) is 25.7 Å². The third-order valence-corrected chi connectivity index (χ3v) is 4.64. The monoisotopic (exact) mass is 369 g/mol. The van der Waals surface area contributed by atoms with Gasteiger partial charge >= 0.3 is 0 Å². The zero-order chi connectivity index (χ0) is 19.3. The highest BCUT2D eigenvalue weighted by molar-refractivity contribution is 5.95. The molecule has 0 aliphatic rings. The standard InChI is InChI=1S/C22H19N5O/c1-16-5-2-3-8-20(16)21(17-9-11-23-12-10-17)26-22(28)18-6-4-7-19(13-18)27-14-24-25-15-27/h2-15,21H,1H3,(H,26,28). The summed E-state index contributed by atoms with van der Waals surface area (Å²) < 4.78 is 1.76. The Kier molecular flexibility index (Phi) is 4.93. The topological polar surface area (TPSA) is 72.7 Å². The van der Waals surface area contributed by atoms with Crippen LogP contribution < -0.4 is 5.32 Å². The van der Waals surface area contributed by atoms with Gasteiger partial charge in [0.1, 0.15) is 12.7 Å². The molecule has 0 saturated heterocycles. The summed E-state index contributed by atoms with van der Waals surface area (Å²) >= 11 is 0. The summed E-state index contributed by atoms with van der Waals surface area (Å²) in [5.74, 6) is -0.153. The maximum Gasteiger partial charge on any atom is 0.252 e. The van der Waals surface area contributed by atoms with Gasteiger partial charge in [-0.25, -0.2) is 0 Å². The molecular weight excluding hydrogens is 350 g/mol. The van der Waals surface area contributed by atoms with Crippen molar-refractivity contribution in [1.29, 1.82) is 0 Å². The average Bonchev–Trinajstić information content (AvgIpc) is 3.28. The number of hydrogen-bond donors (Lipinski definition) is 1. The van der Waals surface area contributed by atoms with Crippen LogP contribution in [0.25, 0.3) is 5.69 Å². The van der Waals surface area contributed by atoms with E-state index < -0.39 is 0 Å². The van der Waals surface area contributed by atoms with Gasteiger partial charge in [-0.3, -0.25) is 14.3 Å². The summed E-state index contributed by atoms with van der Waals surface area (Å²) in [7, 11) is 0. The van der Waals surface area contributed by atoms with Crippen LogP contribution in [0.4, 0.5) is 0 Å². The molecular formula is C22H19N5O. The Labute approximate surface area is 162 Å². The number of pyridine rings is 1. The fraction of sp³-hybridized carbons (Fsp3) is 0.0909. The largest absolute Gasteiger partial charge is 0.341 e. The fourth-order valence-electron chi connectivity index (χ4n) is 3.16. The van der Waals surface area contributed by atoms with Crippen molar-refractivity contribution in [3.63, 3.8) is 0 Å². The maximum atomic E-state index is 13.1. The number of nitrogens with zero attached hydrogens (tertiary/aromatic N) is 4. The Balaban J connectivity index is 1.67. The number of aryl methyl sites for hydroxylation is 1. The summed E-state index contributed by atoms with van der Waals surface area (Å²) in [6, 6.07) is 19.0. The molecule has 1 N–H and O–H groups in total. The van der Waals surface area contributed by atoms with Gasteiger partial charge in [0.2, 0.25) is 0 Å². The number of rotatable bonds is 5. The minimum atomic E-state index is -0.268. The van der Waals surface area contributed by atoms with Gasteiger partial charge in [0.05, 0.1) is 6.04 Å². The van der Waals surface area contributed by atoms with Crippen LogP contribution in [0, 0.1) is 6.92 Å². The summed E-state index contributed by atoms with van der Waals surface area (Å²) in [6.45, 7) is 2.04. The van der Waals surface area contributed by atoms with Crippen molar-refractivity contribution in [2.45, 2.75) is 13.0 Å². The number of amides is 1. The van der Waals surface area contributed by atoms with Crippen molar-refractivity contribution in [3.05, 3.63) is 108 Å². The normalized spacial score (nSPS) is 11.8. The first-order valence-electron chi connectivity index (χ1n) is 8.94. The minimum Gasteiger partial charge on any atom is -0.341 e. The molecule has 0 spiro atoms. The molecule has 0 radical (unpaired) electrons. The lowest BCUT2D eigenvalue weighted by Gasteiger charge is -2.21. The molecule has 4 rings (SSSR count). The second-order valence-electron chi connectivity index (χ2n) is 6.46. The fourth-order valence-corrected chi connectivity index (χ4v) is 3.16. The van der Waals surface area contributed by atoms with E-state index in [0.29, 0.717) is 5.56 Å². The van der Waals surface area contributed by atoms with E-state index in [4.69, 9.17) is 0 Å². The van der Waals surface area contributed by atoms with Gasteiger partial charge in [-0.1, -0.05) is 30.3 Å². The van der Waals surface area contributed by atoms with Gasteiger partial charge in [-0.15, -0.1) is 10.2 Å². The van der Waals surface area contributed by atoms with Crippen LogP contribution in [0.3, 0.4) is 0 Å². The third kappa shape index (κ3) is 3.66. The lowest BCUT2D eigenvalue weighted by atomic mass is 9.95. The molecule has 0 saturated carbocycles. The van der Waals surface area contributed by atoms with Gasteiger partial charge in [-0.05, 0) is 53.9 Å². The first-order chi connectivity index (χ1) is 13.7. The molecule has 2 aromatic carbocycles. The predicted octanol–water partition coefficient (Wildman–Crippen LogP) is 3.49. The van der Waals surface area contributed by atoms with Gasteiger partial charge in [-0.2, -0.15) is 0 Å². The molecule has 2 aromatic heterocycles. The van der Waals surface area contributed by atoms with Crippen molar-refractivity contribution in [1.82, 2.24) is 25.1 Å². The van der Waals surface area contributed by atoms with E-state index in [2.05, 4.69) is 20.5 Å². The first-order valence-corrected chi connectivity index (χ1v) is 8.94. The number of nitrogens with one attached hydrogen (secondary N) is 1. The lowest BCUT2D eigenvalue weighted by molar-refractivity contribution is 0.0943. The number of aromatic nitrogens is 4. The van der Waals surface area contributed by atoms with Crippen molar-refractivity contribution < 1.29 is 4.79 Å². The molecule has 1 atom stereocenters.